The maximum atomic E-state index is 16.2. The molecule has 3 N–H and O–H groups in total. The van der Waals surface area contributed by atoms with E-state index in [2.05, 4.69) is 20.6 Å². The minimum atomic E-state index is -4.21. The molecule has 15 nitrogen and oxygen atoms in total. The van der Waals surface area contributed by atoms with Crippen LogP contribution in [-0.2, 0) is 39.8 Å². The van der Waals surface area contributed by atoms with E-state index in [0.717, 1.165) is 11.0 Å². The molecule has 5 aliphatic rings. The third-order valence-electron chi connectivity index (χ3n) is 11.3. The molecule has 2 aromatic rings. The maximum Gasteiger partial charge on any atom is 0.408 e. The summed E-state index contributed by atoms with van der Waals surface area (Å²) in [6.45, 7) is 5.63. The summed E-state index contributed by atoms with van der Waals surface area (Å²) in [5.41, 5.74) is -5.63. The normalized spacial score (nSPS) is 32.2. The van der Waals surface area contributed by atoms with Gasteiger partial charge < -0.3 is 29.7 Å². The van der Waals surface area contributed by atoms with Crippen LogP contribution in [0, 0.1) is 11.3 Å². The first-order valence-electron chi connectivity index (χ1n) is 19.2. The summed E-state index contributed by atoms with van der Waals surface area (Å²) in [6, 6.07) is 3.23. The molecule has 1 aromatic carbocycles. The number of carbonyl (C=O) groups is 4. The molecule has 7 atom stereocenters. The molecule has 0 radical (unpaired) electrons. The van der Waals surface area contributed by atoms with Crippen molar-refractivity contribution in [3.05, 3.63) is 42.1 Å². The number of hydrogen-bond donors (Lipinski definition) is 3. The number of ether oxygens (including phenoxy) is 3. The van der Waals surface area contributed by atoms with Gasteiger partial charge in [-0.05, 0) is 69.1 Å². The molecule has 3 aliphatic carbocycles. The predicted octanol–water partition coefficient (Wildman–Crippen LogP) is 3.86. The van der Waals surface area contributed by atoms with E-state index in [4.69, 9.17) is 14.2 Å². The second-order valence-corrected chi connectivity index (χ2v) is 19.1. The molecule has 4 fully saturated rings. The highest BCUT2D eigenvalue weighted by molar-refractivity contribution is 7.91. The van der Waals surface area contributed by atoms with Gasteiger partial charge in [0, 0.05) is 6.42 Å². The highest BCUT2D eigenvalue weighted by Crippen LogP contribution is 2.49. The lowest BCUT2D eigenvalue weighted by atomic mass is 9.85. The lowest BCUT2D eigenvalue weighted by Crippen LogP contribution is -2.60. The molecule has 1 aromatic heterocycles. The predicted molar refractivity (Wildman–Crippen MR) is 197 cm³/mol. The van der Waals surface area contributed by atoms with E-state index in [9.17, 15) is 36.4 Å². The molecule has 4 amide bonds. The molecule has 0 unspecified atom stereocenters. The molecule has 58 heavy (non-hydrogen) atoms. The summed E-state index contributed by atoms with van der Waals surface area (Å²) in [7, 11) is -4.21. The Morgan fingerprint density at radius 2 is 1.69 bits per heavy atom. The lowest BCUT2D eigenvalue weighted by Gasteiger charge is -2.36. The minimum Gasteiger partial charge on any atom is -0.468 e. The Morgan fingerprint density at radius 1 is 1.02 bits per heavy atom. The zero-order valence-corrected chi connectivity index (χ0v) is 33.1. The summed E-state index contributed by atoms with van der Waals surface area (Å²) in [5.74, 6) is -9.46. The number of alkyl halides is 4. The number of rotatable bonds is 6. The van der Waals surface area contributed by atoms with Gasteiger partial charge in [0.2, 0.25) is 34.1 Å². The van der Waals surface area contributed by atoms with Crippen LogP contribution in [0.4, 0.5) is 22.4 Å². The number of halogens is 4. The molecule has 2 bridgehead atoms. The Labute approximate surface area is 332 Å². The molecular weight excluding hydrogens is 793 g/mol. The fourth-order valence-corrected chi connectivity index (χ4v) is 9.28. The van der Waals surface area contributed by atoms with Gasteiger partial charge in [0.25, 0.3) is 5.91 Å². The van der Waals surface area contributed by atoms with Gasteiger partial charge in [-0.3, -0.25) is 19.1 Å². The van der Waals surface area contributed by atoms with Crippen molar-refractivity contribution in [3.63, 3.8) is 0 Å². The number of nitrogens with zero attached hydrogens (tertiary/aromatic N) is 3. The van der Waals surface area contributed by atoms with Crippen LogP contribution < -0.4 is 20.1 Å². The van der Waals surface area contributed by atoms with Crippen molar-refractivity contribution in [1.82, 2.24) is 30.2 Å². The summed E-state index contributed by atoms with van der Waals surface area (Å²) in [4.78, 5) is 65.6. The second kappa shape index (κ2) is 14.9. The first kappa shape index (κ1) is 41.6. The second-order valence-electron chi connectivity index (χ2n) is 17.1. The number of allylic oxidation sites excluding steroid dienone is 1. The standard InChI is InChI=1S/C38H46F4N6O9S/c1-35(2,3)28-32(50)48-19-36(4,18-24(48)30(49)46-37(17-21(37)29(39)40)33(51)47-58(53,54)20-13-14-20)57-31-27(43-22-9-5-6-10-23(22)44-31)38(41,42)15-8-16-55-25-11-7-12-26(25)56-34(52)45-28/h5-6,8-10,15,20-21,24-26,28-29H,7,11-14,16-19H2,1-4H3,(H,45,52)(H,46,49)(H,47,51)/b15-8+/t21-,24-,25+,26+,28+,36+,37-/m0/s1. The van der Waals surface area contributed by atoms with Gasteiger partial charge in [-0.1, -0.05) is 39.0 Å². The Balaban J connectivity index is 1.29. The third-order valence-corrected chi connectivity index (χ3v) is 13.1. The van der Waals surface area contributed by atoms with Crippen LogP contribution in [0.3, 0.4) is 0 Å². The number of fused-ring (bicyclic) bond motifs is 5. The first-order chi connectivity index (χ1) is 27.1. The number of hydrogen-bond acceptors (Lipinski definition) is 11. The number of alkyl carbamates (subject to hydrolysis) is 1. The van der Waals surface area contributed by atoms with Crippen molar-refractivity contribution in [2.24, 2.45) is 11.3 Å². The summed E-state index contributed by atoms with van der Waals surface area (Å²) < 4.78 is 106. The molecule has 0 spiro atoms. The lowest BCUT2D eigenvalue weighted by molar-refractivity contribution is -0.143. The zero-order chi connectivity index (χ0) is 42.0. The largest absolute Gasteiger partial charge is 0.468 e. The van der Waals surface area contributed by atoms with E-state index in [1.807, 2.05) is 4.72 Å². The van der Waals surface area contributed by atoms with Crippen molar-refractivity contribution in [2.45, 2.75) is 126 Å². The highest BCUT2D eigenvalue weighted by Gasteiger charge is 2.67. The van der Waals surface area contributed by atoms with Gasteiger partial charge in [-0.2, -0.15) is 8.78 Å². The van der Waals surface area contributed by atoms with Crippen molar-refractivity contribution >= 4 is 44.9 Å². The number of sulfonamides is 1. The molecule has 3 heterocycles. The van der Waals surface area contributed by atoms with Crippen LogP contribution in [0.5, 0.6) is 5.88 Å². The van der Waals surface area contributed by atoms with Crippen molar-refractivity contribution in [3.8, 4) is 5.88 Å². The van der Waals surface area contributed by atoms with Gasteiger partial charge in [0.1, 0.15) is 29.3 Å². The Bertz CT molecular complexity index is 2130. The Hall–Kier alpha value is -4.59. The van der Waals surface area contributed by atoms with Gasteiger partial charge in [-0.25, -0.2) is 32.0 Å². The number of aromatic nitrogens is 2. The molecule has 316 valence electrons. The van der Waals surface area contributed by atoms with E-state index in [1.54, 1.807) is 32.9 Å². The SMILES string of the molecule is CC(C)(C)[C@@H]1NC(=O)O[C@@H]2CCC[C@H]2OC/C=C/C(F)(F)c2nc3ccccc3nc2O[C@]2(C)C[C@@H](C(=O)N[C@@]3(C(=O)NS(=O)(=O)C4CC4)C[C@H]3C(F)F)N(C2)C1=O. The summed E-state index contributed by atoms with van der Waals surface area (Å²) in [5, 5.41) is 4.08. The van der Waals surface area contributed by atoms with E-state index in [-0.39, 0.29) is 30.5 Å². The van der Waals surface area contributed by atoms with Crippen LogP contribution in [0.25, 0.3) is 11.0 Å². The quantitative estimate of drug-likeness (QED) is 0.283. The van der Waals surface area contributed by atoms with Gasteiger partial charge in [0.15, 0.2) is 5.69 Å². The first-order valence-corrected chi connectivity index (χ1v) is 20.7. The molecule has 7 rings (SSSR count). The topological polar surface area (TPSA) is 195 Å². The number of benzene rings is 1. The van der Waals surface area contributed by atoms with E-state index in [1.165, 1.54) is 19.1 Å². The molecule has 2 aliphatic heterocycles. The van der Waals surface area contributed by atoms with Crippen LogP contribution in [0.1, 0.15) is 78.3 Å². The van der Waals surface area contributed by atoms with Crippen molar-refractivity contribution in [1.29, 1.82) is 0 Å². The highest BCUT2D eigenvalue weighted by atomic mass is 32.2. The minimum absolute atomic E-state index is 0.127. The maximum absolute atomic E-state index is 16.2. The average Bonchev–Trinajstić information content (AvgIpc) is 4.05. The molecule has 1 saturated heterocycles. The van der Waals surface area contributed by atoms with Crippen LogP contribution in [-0.4, -0.2) is 107 Å². The summed E-state index contributed by atoms with van der Waals surface area (Å²) in [6.07, 6.45) is -2.83. The Kier molecular flexibility index (Phi) is 10.7. The van der Waals surface area contributed by atoms with Gasteiger partial charge >= 0.3 is 12.0 Å². The van der Waals surface area contributed by atoms with Gasteiger partial charge in [0.05, 0.1) is 41.5 Å². The van der Waals surface area contributed by atoms with E-state index in [0.29, 0.717) is 25.3 Å². The molecular formula is C38H46F4N6O9S. The number of carbonyl (C=O) groups excluding carboxylic acids is 4. The number of para-hydroxylation sites is 2. The Morgan fingerprint density at radius 3 is 2.33 bits per heavy atom. The fraction of sp³-hybridized carbons (Fsp3) is 0.632. The fourth-order valence-electron chi connectivity index (χ4n) is 7.91. The van der Waals surface area contributed by atoms with E-state index >= 15 is 8.78 Å². The van der Waals surface area contributed by atoms with Crippen LogP contribution in [0.2, 0.25) is 0 Å². The van der Waals surface area contributed by atoms with Crippen LogP contribution >= 0.6 is 0 Å². The molecule has 20 heteroatoms. The smallest absolute Gasteiger partial charge is 0.408 e. The van der Waals surface area contributed by atoms with Crippen LogP contribution in [0.15, 0.2) is 36.4 Å². The number of amides is 4. The zero-order valence-electron chi connectivity index (χ0n) is 32.3. The monoisotopic (exact) mass is 838 g/mol. The number of nitrogens with one attached hydrogen (secondary N) is 3. The average molecular weight is 839 g/mol. The third kappa shape index (κ3) is 8.31. The molecule has 3 saturated carbocycles. The van der Waals surface area contributed by atoms with E-state index < -0.39 is 129 Å². The van der Waals surface area contributed by atoms with Crippen molar-refractivity contribution in [2.75, 3.05) is 13.2 Å². The van der Waals surface area contributed by atoms with Crippen molar-refractivity contribution < 1.29 is 59.4 Å². The summed E-state index contributed by atoms with van der Waals surface area (Å²) >= 11 is 0. The van der Waals surface area contributed by atoms with Gasteiger partial charge in [-0.15, -0.1) is 0 Å².